The Bertz CT molecular complexity index is 1020. The van der Waals surface area contributed by atoms with Gasteiger partial charge in [-0.25, -0.2) is 0 Å². The Balaban J connectivity index is 1.37. The fourth-order valence-corrected chi connectivity index (χ4v) is 4.73. The molecular formula is C23H26ClN5O. The number of ether oxygens (including phenoxy) is 1. The molecule has 1 aliphatic carbocycles. The zero-order valence-corrected chi connectivity index (χ0v) is 17.8. The van der Waals surface area contributed by atoms with E-state index < -0.39 is 0 Å². The molecule has 30 heavy (non-hydrogen) atoms. The van der Waals surface area contributed by atoms with Crippen LogP contribution in [0, 0.1) is 0 Å². The summed E-state index contributed by atoms with van der Waals surface area (Å²) in [7, 11) is 1.81. The Labute approximate surface area is 181 Å². The van der Waals surface area contributed by atoms with Gasteiger partial charge in [-0.3, -0.25) is 9.88 Å². The van der Waals surface area contributed by atoms with Crippen LogP contribution in [0.25, 0.3) is 22.0 Å². The van der Waals surface area contributed by atoms with Crippen LogP contribution in [0.3, 0.4) is 0 Å². The van der Waals surface area contributed by atoms with E-state index in [0.717, 1.165) is 53.7 Å². The quantitative estimate of drug-likeness (QED) is 0.656. The maximum atomic E-state index is 6.05. The van der Waals surface area contributed by atoms with Gasteiger partial charge in [0.05, 0.1) is 6.10 Å². The molecule has 6 nitrogen and oxygen atoms in total. The molecule has 0 spiro atoms. The normalized spacial score (nSPS) is 24.5. The van der Waals surface area contributed by atoms with E-state index in [1.807, 2.05) is 43.6 Å². The molecule has 1 aliphatic heterocycles. The van der Waals surface area contributed by atoms with Crippen molar-refractivity contribution in [2.45, 2.75) is 43.9 Å². The molecule has 156 valence electrons. The van der Waals surface area contributed by atoms with Gasteiger partial charge in [0.15, 0.2) is 5.82 Å². The first-order valence-corrected chi connectivity index (χ1v) is 11.0. The number of rotatable bonds is 5. The maximum absolute atomic E-state index is 6.05. The van der Waals surface area contributed by atoms with Crippen LogP contribution in [0.4, 0.5) is 5.82 Å². The second-order valence-electron chi connectivity index (χ2n) is 8.29. The van der Waals surface area contributed by atoms with E-state index in [-0.39, 0.29) is 0 Å². The van der Waals surface area contributed by atoms with Crippen LogP contribution in [0.5, 0.6) is 0 Å². The third kappa shape index (κ3) is 3.87. The van der Waals surface area contributed by atoms with E-state index in [9.17, 15) is 0 Å². The largest absolute Gasteiger partial charge is 0.381 e. The molecule has 0 amide bonds. The summed E-state index contributed by atoms with van der Waals surface area (Å²) < 4.78 is 5.46. The lowest BCUT2D eigenvalue weighted by Crippen LogP contribution is -2.53. The molecule has 1 atom stereocenters. The fraction of sp³-hybridized carbons (Fsp3) is 0.435. The first-order valence-electron chi connectivity index (χ1n) is 10.6. The van der Waals surface area contributed by atoms with Gasteiger partial charge in [0, 0.05) is 59.5 Å². The lowest BCUT2D eigenvalue weighted by Gasteiger charge is -2.45. The topological polar surface area (TPSA) is 63.2 Å². The highest BCUT2D eigenvalue weighted by atomic mass is 35.5. The average molecular weight is 424 g/mol. The molecule has 2 fully saturated rings. The number of hydrogen-bond acceptors (Lipinski definition) is 6. The number of anilines is 1. The number of nitrogens with one attached hydrogen (secondary N) is 1. The number of piperidine rings is 1. The molecule has 5 rings (SSSR count). The summed E-state index contributed by atoms with van der Waals surface area (Å²) in [5.74, 6) is 0.811. The molecule has 1 saturated carbocycles. The van der Waals surface area contributed by atoms with Crippen molar-refractivity contribution in [1.82, 2.24) is 20.1 Å². The van der Waals surface area contributed by atoms with Crippen molar-refractivity contribution in [1.29, 1.82) is 0 Å². The van der Waals surface area contributed by atoms with Gasteiger partial charge in [0.2, 0.25) is 0 Å². The second-order valence-corrected chi connectivity index (χ2v) is 8.72. The molecule has 0 radical (unpaired) electrons. The second kappa shape index (κ2) is 8.46. The van der Waals surface area contributed by atoms with Crippen molar-refractivity contribution in [2.75, 3.05) is 25.5 Å². The van der Waals surface area contributed by atoms with E-state index in [2.05, 4.69) is 25.4 Å². The van der Waals surface area contributed by atoms with Crippen LogP contribution in [0.1, 0.15) is 25.7 Å². The lowest BCUT2D eigenvalue weighted by atomic mass is 9.86. The minimum atomic E-state index is 0.361. The van der Waals surface area contributed by atoms with Crippen LogP contribution in [-0.2, 0) is 4.74 Å². The molecular weight excluding hydrogens is 398 g/mol. The standard InChI is InChI=1S/C23H26ClN5O/c1-30-19-11-18(12-19)29-10-2-3-17(14-29)26-23-21-13-25-9-8-20(21)22(27-28-23)15-4-6-16(24)7-5-15/h4-9,13,17-19H,2-3,10-12,14H2,1H3,(H,26,28). The number of methoxy groups -OCH3 is 1. The first-order chi connectivity index (χ1) is 14.7. The molecule has 1 saturated heterocycles. The number of fused-ring (bicyclic) bond motifs is 1. The average Bonchev–Trinajstić information content (AvgIpc) is 2.74. The van der Waals surface area contributed by atoms with Gasteiger partial charge < -0.3 is 10.1 Å². The zero-order valence-electron chi connectivity index (χ0n) is 17.1. The third-order valence-electron chi connectivity index (χ3n) is 6.41. The molecule has 1 unspecified atom stereocenters. The Morgan fingerprint density at radius 1 is 1.10 bits per heavy atom. The summed E-state index contributed by atoms with van der Waals surface area (Å²) in [6, 6.07) is 10.7. The van der Waals surface area contributed by atoms with Gasteiger partial charge in [0.1, 0.15) is 5.69 Å². The van der Waals surface area contributed by atoms with Crippen molar-refractivity contribution >= 4 is 28.2 Å². The first kappa shape index (κ1) is 19.7. The predicted molar refractivity (Wildman–Crippen MR) is 120 cm³/mol. The van der Waals surface area contributed by atoms with Gasteiger partial charge in [0.25, 0.3) is 0 Å². The number of nitrogens with zero attached hydrogens (tertiary/aromatic N) is 4. The lowest BCUT2D eigenvalue weighted by molar-refractivity contribution is -0.0333. The van der Waals surface area contributed by atoms with Crippen LogP contribution in [0.2, 0.25) is 5.02 Å². The summed E-state index contributed by atoms with van der Waals surface area (Å²) in [6.45, 7) is 2.20. The third-order valence-corrected chi connectivity index (χ3v) is 6.66. The summed E-state index contributed by atoms with van der Waals surface area (Å²) in [5, 5.41) is 15.5. The minimum Gasteiger partial charge on any atom is -0.381 e. The van der Waals surface area contributed by atoms with Crippen LogP contribution < -0.4 is 5.32 Å². The minimum absolute atomic E-state index is 0.361. The molecule has 7 heteroatoms. The van der Waals surface area contributed by atoms with E-state index in [1.165, 1.54) is 13.0 Å². The highest BCUT2D eigenvalue weighted by molar-refractivity contribution is 6.30. The van der Waals surface area contributed by atoms with Crippen molar-refractivity contribution in [3.05, 3.63) is 47.7 Å². The maximum Gasteiger partial charge on any atom is 0.158 e. The fourth-order valence-electron chi connectivity index (χ4n) is 4.60. The van der Waals surface area contributed by atoms with Gasteiger partial charge in [-0.1, -0.05) is 23.7 Å². The monoisotopic (exact) mass is 423 g/mol. The van der Waals surface area contributed by atoms with Gasteiger partial charge in [-0.05, 0) is 50.4 Å². The van der Waals surface area contributed by atoms with E-state index in [0.29, 0.717) is 23.2 Å². The van der Waals surface area contributed by atoms with Crippen molar-refractivity contribution in [3.63, 3.8) is 0 Å². The number of pyridine rings is 1. The van der Waals surface area contributed by atoms with Crippen LogP contribution in [0.15, 0.2) is 42.7 Å². The van der Waals surface area contributed by atoms with Crippen LogP contribution in [-0.4, -0.2) is 58.5 Å². The van der Waals surface area contributed by atoms with E-state index >= 15 is 0 Å². The number of benzene rings is 1. The summed E-state index contributed by atoms with van der Waals surface area (Å²) in [5.41, 5.74) is 1.84. The highest BCUT2D eigenvalue weighted by Gasteiger charge is 2.36. The predicted octanol–water partition coefficient (Wildman–Crippen LogP) is 4.40. The Morgan fingerprint density at radius 2 is 1.93 bits per heavy atom. The summed E-state index contributed by atoms with van der Waals surface area (Å²) in [6.07, 6.45) is 8.74. The number of aromatic nitrogens is 3. The zero-order chi connectivity index (χ0) is 20.5. The smallest absolute Gasteiger partial charge is 0.158 e. The Hall–Kier alpha value is -2.28. The molecule has 2 aliphatic rings. The summed E-state index contributed by atoms with van der Waals surface area (Å²) >= 11 is 6.05. The Kier molecular flexibility index (Phi) is 5.54. The number of halogens is 1. The van der Waals surface area contributed by atoms with Gasteiger partial charge >= 0.3 is 0 Å². The molecule has 2 aromatic heterocycles. The molecule has 3 aromatic rings. The Morgan fingerprint density at radius 3 is 2.73 bits per heavy atom. The van der Waals surface area contributed by atoms with E-state index in [4.69, 9.17) is 16.3 Å². The number of hydrogen-bond donors (Lipinski definition) is 1. The van der Waals surface area contributed by atoms with E-state index in [1.54, 1.807) is 6.20 Å². The highest BCUT2D eigenvalue weighted by Crippen LogP contribution is 2.32. The van der Waals surface area contributed by atoms with Crippen molar-refractivity contribution in [2.24, 2.45) is 0 Å². The van der Waals surface area contributed by atoms with Gasteiger partial charge in [-0.15, -0.1) is 10.2 Å². The molecule has 3 heterocycles. The van der Waals surface area contributed by atoms with Crippen molar-refractivity contribution in [3.8, 4) is 11.3 Å². The molecule has 1 aromatic carbocycles. The van der Waals surface area contributed by atoms with Crippen molar-refractivity contribution < 1.29 is 4.74 Å². The summed E-state index contributed by atoms with van der Waals surface area (Å²) in [4.78, 5) is 6.95. The molecule has 1 N–H and O–H groups in total. The van der Waals surface area contributed by atoms with Gasteiger partial charge in [-0.2, -0.15) is 0 Å². The SMILES string of the molecule is COC1CC(N2CCCC(Nc3nnc(-c4ccc(Cl)cc4)c4ccncc34)C2)C1. The molecule has 0 bridgehead atoms. The number of likely N-dealkylation sites (tertiary alicyclic amines) is 1. The van der Waals surface area contributed by atoms with Crippen LogP contribution >= 0.6 is 11.6 Å².